The quantitative estimate of drug-likeness (QED) is 0.773. The number of aliphatic hydroxyl groups excluding tert-OH is 1. The number of anilines is 1. The number of hydrogen-bond donors (Lipinski definition) is 2. The maximum Gasteiger partial charge on any atom is 0.164 e. The van der Waals surface area contributed by atoms with E-state index >= 15 is 0 Å². The zero-order valence-electron chi connectivity index (χ0n) is 11.2. The van der Waals surface area contributed by atoms with Crippen molar-refractivity contribution in [1.82, 2.24) is 9.88 Å². The van der Waals surface area contributed by atoms with Gasteiger partial charge in [0, 0.05) is 25.3 Å². The predicted molar refractivity (Wildman–Crippen MR) is 73.6 cm³/mol. The molecule has 1 unspecified atom stereocenters. The summed E-state index contributed by atoms with van der Waals surface area (Å²) in [4.78, 5) is 6.06. The molecule has 1 aliphatic heterocycles. The van der Waals surface area contributed by atoms with Crippen LogP contribution in [0, 0.1) is 5.82 Å². The fourth-order valence-corrected chi connectivity index (χ4v) is 2.58. The van der Waals surface area contributed by atoms with E-state index in [1.54, 1.807) is 12.3 Å². The van der Waals surface area contributed by atoms with Crippen LogP contribution in [-0.4, -0.2) is 47.3 Å². The molecule has 0 saturated carbocycles. The van der Waals surface area contributed by atoms with Gasteiger partial charge in [-0.2, -0.15) is 0 Å². The van der Waals surface area contributed by atoms with Gasteiger partial charge in [0.1, 0.15) is 0 Å². The summed E-state index contributed by atoms with van der Waals surface area (Å²) in [5.74, 6) is -0.311. The minimum atomic E-state index is -0.311. The molecule has 1 fully saturated rings. The molecule has 0 amide bonds. The lowest BCUT2D eigenvalue weighted by Gasteiger charge is -2.34. The molecule has 2 rings (SSSR count). The molecule has 2 heterocycles. The van der Waals surface area contributed by atoms with Gasteiger partial charge in [-0.25, -0.2) is 4.39 Å². The van der Waals surface area contributed by atoms with Crippen LogP contribution < -0.4 is 5.32 Å². The van der Waals surface area contributed by atoms with E-state index < -0.39 is 0 Å². The molecule has 1 aromatic heterocycles. The summed E-state index contributed by atoms with van der Waals surface area (Å²) < 4.78 is 13.3. The minimum absolute atomic E-state index is 0.242. The van der Waals surface area contributed by atoms with Gasteiger partial charge in [-0.1, -0.05) is 6.42 Å². The van der Waals surface area contributed by atoms with E-state index in [9.17, 15) is 9.50 Å². The second-order valence-corrected chi connectivity index (χ2v) is 5.00. The maximum atomic E-state index is 13.3. The highest BCUT2D eigenvalue weighted by atomic mass is 19.1. The Balaban J connectivity index is 1.70. The molecular weight excluding hydrogens is 245 g/mol. The molecule has 2 N–H and O–H groups in total. The van der Waals surface area contributed by atoms with Crippen molar-refractivity contribution in [2.24, 2.45) is 0 Å². The molecule has 4 nitrogen and oxygen atoms in total. The standard InChI is InChI=1S/C14H22FN3O/c15-13-10-16-7-5-14(13)17-6-3-9-18-8-2-1-4-12(18)11-19/h5,7,10,12,19H,1-4,6,8-9,11H2,(H,16,17). The number of hydrogen-bond acceptors (Lipinski definition) is 4. The number of nitrogens with zero attached hydrogens (tertiary/aromatic N) is 2. The van der Waals surface area contributed by atoms with Crippen molar-refractivity contribution in [3.05, 3.63) is 24.3 Å². The molecule has 106 valence electrons. The third-order valence-corrected chi connectivity index (χ3v) is 3.67. The van der Waals surface area contributed by atoms with Crippen molar-refractivity contribution in [1.29, 1.82) is 0 Å². The molecule has 5 heteroatoms. The number of likely N-dealkylation sites (tertiary alicyclic amines) is 1. The van der Waals surface area contributed by atoms with E-state index in [0.29, 0.717) is 11.7 Å². The van der Waals surface area contributed by atoms with Crippen molar-refractivity contribution in [2.45, 2.75) is 31.7 Å². The SMILES string of the molecule is OCC1CCCCN1CCCNc1ccncc1F. The molecule has 0 aromatic carbocycles. The molecule has 1 aromatic rings. The molecule has 0 radical (unpaired) electrons. The van der Waals surface area contributed by atoms with Gasteiger partial charge >= 0.3 is 0 Å². The van der Waals surface area contributed by atoms with E-state index in [-0.39, 0.29) is 12.4 Å². The highest BCUT2D eigenvalue weighted by Gasteiger charge is 2.20. The molecule has 0 aliphatic carbocycles. The third kappa shape index (κ3) is 4.14. The van der Waals surface area contributed by atoms with E-state index in [1.165, 1.54) is 19.0 Å². The molecule has 1 saturated heterocycles. The zero-order valence-corrected chi connectivity index (χ0v) is 11.2. The van der Waals surface area contributed by atoms with Crippen molar-refractivity contribution >= 4 is 5.69 Å². The first kappa shape index (κ1) is 14.2. The van der Waals surface area contributed by atoms with Crippen LogP contribution in [0.15, 0.2) is 18.5 Å². The minimum Gasteiger partial charge on any atom is -0.395 e. The lowest BCUT2D eigenvalue weighted by Crippen LogP contribution is -2.42. The normalized spacial score (nSPS) is 20.4. The van der Waals surface area contributed by atoms with Crippen molar-refractivity contribution in [3.8, 4) is 0 Å². The first-order chi connectivity index (χ1) is 9.31. The number of piperidine rings is 1. The van der Waals surface area contributed by atoms with Crippen LogP contribution in [0.2, 0.25) is 0 Å². The van der Waals surface area contributed by atoms with Gasteiger partial charge in [-0.15, -0.1) is 0 Å². The number of rotatable bonds is 6. The number of aliphatic hydroxyl groups is 1. The predicted octanol–water partition coefficient (Wildman–Crippen LogP) is 1.87. The first-order valence-electron chi connectivity index (χ1n) is 6.99. The van der Waals surface area contributed by atoms with Gasteiger partial charge in [-0.05, 0) is 31.9 Å². The molecule has 0 bridgehead atoms. The maximum absolute atomic E-state index is 13.3. The van der Waals surface area contributed by atoms with Crippen LogP contribution in [0.25, 0.3) is 0 Å². The van der Waals surface area contributed by atoms with Crippen LogP contribution >= 0.6 is 0 Å². The average molecular weight is 267 g/mol. The topological polar surface area (TPSA) is 48.4 Å². The zero-order chi connectivity index (χ0) is 13.5. The second-order valence-electron chi connectivity index (χ2n) is 5.00. The summed E-state index contributed by atoms with van der Waals surface area (Å²) in [5, 5.41) is 12.4. The van der Waals surface area contributed by atoms with Gasteiger partial charge < -0.3 is 10.4 Å². The third-order valence-electron chi connectivity index (χ3n) is 3.67. The Morgan fingerprint density at radius 3 is 3.16 bits per heavy atom. The lowest BCUT2D eigenvalue weighted by molar-refractivity contribution is 0.0901. The van der Waals surface area contributed by atoms with Gasteiger partial charge in [0.15, 0.2) is 5.82 Å². The van der Waals surface area contributed by atoms with E-state index in [4.69, 9.17) is 0 Å². The Morgan fingerprint density at radius 1 is 1.47 bits per heavy atom. The van der Waals surface area contributed by atoms with Gasteiger partial charge in [-0.3, -0.25) is 9.88 Å². The number of halogens is 1. The lowest BCUT2D eigenvalue weighted by atomic mass is 10.0. The number of aromatic nitrogens is 1. The molecule has 0 spiro atoms. The molecule has 1 aliphatic rings. The van der Waals surface area contributed by atoms with Crippen LogP contribution in [-0.2, 0) is 0 Å². The van der Waals surface area contributed by atoms with Gasteiger partial charge in [0.05, 0.1) is 18.5 Å². The van der Waals surface area contributed by atoms with E-state index in [2.05, 4.69) is 15.2 Å². The monoisotopic (exact) mass is 267 g/mol. The molecule has 1 atom stereocenters. The first-order valence-corrected chi connectivity index (χ1v) is 6.99. The highest BCUT2D eigenvalue weighted by Crippen LogP contribution is 2.17. The fraction of sp³-hybridized carbons (Fsp3) is 0.643. The van der Waals surface area contributed by atoms with Crippen LogP contribution in [0.1, 0.15) is 25.7 Å². The summed E-state index contributed by atoms with van der Waals surface area (Å²) in [7, 11) is 0. The summed E-state index contributed by atoms with van der Waals surface area (Å²) in [6.45, 7) is 2.99. The Labute approximate surface area is 113 Å². The van der Waals surface area contributed by atoms with Crippen molar-refractivity contribution in [2.75, 3.05) is 31.6 Å². The molecule has 19 heavy (non-hydrogen) atoms. The molecular formula is C14H22FN3O. The van der Waals surface area contributed by atoms with E-state index in [1.807, 2.05) is 0 Å². The summed E-state index contributed by atoms with van der Waals surface area (Å²) >= 11 is 0. The van der Waals surface area contributed by atoms with E-state index in [0.717, 1.165) is 32.5 Å². The summed E-state index contributed by atoms with van der Waals surface area (Å²) in [6, 6.07) is 1.96. The summed E-state index contributed by atoms with van der Waals surface area (Å²) in [5.41, 5.74) is 0.507. The fourth-order valence-electron chi connectivity index (χ4n) is 2.58. The smallest absolute Gasteiger partial charge is 0.164 e. The Morgan fingerprint density at radius 2 is 2.37 bits per heavy atom. The Bertz CT molecular complexity index is 389. The number of pyridine rings is 1. The van der Waals surface area contributed by atoms with Crippen LogP contribution in [0.5, 0.6) is 0 Å². The van der Waals surface area contributed by atoms with Crippen molar-refractivity contribution < 1.29 is 9.50 Å². The van der Waals surface area contributed by atoms with Crippen LogP contribution in [0.4, 0.5) is 10.1 Å². The Kier molecular flexibility index (Phi) is 5.54. The largest absolute Gasteiger partial charge is 0.395 e. The number of nitrogens with one attached hydrogen (secondary N) is 1. The van der Waals surface area contributed by atoms with Gasteiger partial charge in [0.25, 0.3) is 0 Å². The average Bonchev–Trinajstić information content (AvgIpc) is 2.45. The van der Waals surface area contributed by atoms with Crippen LogP contribution in [0.3, 0.4) is 0 Å². The Hall–Kier alpha value is -1.20. The highest BCUT2D eigenvalue weighted by molar-refractivity contribution is 5.42. The van der Waals surface area contributed by atoms with Crippen molar-refractivity contribution in [3.63, 3.8) is 0 Å². The second kappa shape index (κ2) is 7.40. The van der Waals surface area contributed by atoms with Gasteiger partial charge in [0.2, 0.25) is 0 Å². The summed E-state index contributed by atoms with van der Waals surface area (Å²) in [6.07, 6.45) is 7.25.